The number of esters is 1. The number of methoxy groups -OCH3 is 1. The Balaban J connectivity index is 1.14. The first kappa shape index (κ1) is 28.8. The van der Waals surface area contributed by atoms with Gasteiger partial charge in [0.1, 0.15) is 11.6 Å². The highest BCUT2D eigenvalue weighted by Crippen LogP contribution is 2.49. The van der Waals surface area contributed by atoms with Crippen molar-refractivity contribution in [3.8, 4) is 11.5 Å². The summed E-state index contributed by atoms with van der Waals surface area (Å²) in [6.07, 6.45) is 4.13. The van der Waals surface area contributed by atoms with E-state index >= 15 is 0 Å². The van der Waals surface area contributed by atoms with Crippen molar-refractivity contribution < 1.29 is 28.1 Å². The molecule has 0 N–H and O–H groups in total. The van der Waals surface area contributed by atoms with Crippen LogP contribution >= 0.6 is 11.6 Å². The highest BCUT2D eigenvalue weighted by molar-refractivity contribution is 6.30. The quantitative estimate of drug-likeness (QED) is 0.209. The lowest BCUT2D eigenvalue weighted by Crippen LogP contribution is -2.35. The zero-order valence-corrected chi connectivity index (χ0v) is 25.6. The van der Waals surface area contributed by atoms with E-state index in [9.17, 15) is 9.18 Å². The molecule has 3 atom stereocenters. The van der Waals surface area contributed by atoms with Gasteiger partial charge in [-0.15, -0.1) is 0 Å². The molecule has 3 aliphatic heterocycles. The molecule has 0 bridgehead atoms. The summed E-state index contributed by atoms with van der Waals surface area (Å²) < 4.78 is 40.3. The Morgan fingerprint density at radius 1 is 1.20 bits per heavy atom. The molecular formula is C34H33ClFN3O5. The van der Waals surface area contributed by atoms with Crippen LogP contribution in [0, 0.1) is 5.82 Å². The Labute approximate surface area is 259 Å². The molecule has 10 heteroatoms. The Hall–Kier alpha value is -3.92. The van der Waals surface area contributed by atoms with Crippen LogP contribution in [0.1, 0.15) is 60.0 Å². The Kier molecular flexibility index (Phi) is 7.35. The van der Waals surface area contributed by atoms with Gasteiger partial charge in [-0.1, -0.05) is 29.8 Å². The van der Waals surface area contributed by atoms with E-state index < -0.39 is 11.6 Å². The van der Waals surface area contributed by atoms with Gasteiger partial charge in [-0.3, -0.25) is 4.90 Å². The monoisotopic (exact) mass is 617 g/mol. The number of rotatable bonds is 7. The minimum Gasteiger partial charge on any atom is -0.465 e. The molecule has 1 unspecified atom stereocenters. The fourth-order valence-electron chi connectivity index (χ4n) is 6.32. The molecule has 0 radical (unpaired) electrons. The van der Waals surface area contributed by atoms with Crippen molar-refractivity contribution in [2.75, 3.05) is 26.8 Å². The van der Waals surface area contributed by atoms with E-state index in [2.05, 4.69) is 22.5 Å². The molecular weight excluding hydrogens is 585 g/mol. The third kappa shape index (κ3) is 5.02. The standard InChI is InChI=1S/C34H33ClFN3O5/c1-20(32-37-28-10-7-22(33(40)41-3)17-29(28)39(32)19-24-13-16-42-24)38-14-11-21(12-15-38)25-5-4-6-30-31(25)44-34(2,43-30)26-9-8-23(35)18-27(26)36/h4-11,17-18,20,24H,12-16,19H2,1-3H3/t20-,24-,34?/m0/s1. The zero-order valence-electron chi connectivity index (χ0n) is 24.8. The molecule has 4 aromatic rings. The maximum Gasteiger partial charge on any atom is 0.337 e. The normalized spacial score (nSPS) is 22.0. The second kappa shape index (κ2) is 11.2. The summed E-state index contributed by atoms with van der Waals surface area (Å²) in [7, 11) is 1.39. The first-order chi connectivity index (χ1) is 21.2. The number of benzene rings is 3. The number of nitrogens with zero attached hydrogens (tertiary/aromatic N) is 3. The number of aromatic nitrogens is 2. The van der Waals surface area contributed by atoms with E-state index in [4.69, 9.17) is 35.5 Å². The molecule has 3 aliphatic rings. The van der Waals surface area contributed by atoms with Crippen molar-refractivity contribution in [2.24, 2.45) is 0 Å². The van der Waals surface area contributed by atoms with Crippen molar-refractivity contribution in [1.29, 1.82) is 0 Å². The van der Waals surface area contributed by atoms with Crippen LogP contribution in [0.15, 0.2) is 60.7 Å². The van der Waals surface area contributed by atoms with Crippen LogP contribution in [-0.2, 0) is 21.8 Å². The van der Waals surface area contributed by atoms with Crippen molar-refractivity contribution in [3.05, 3.63) is 94.0 Å². The van der Waals surface area contributed by atoms with E-state index in [0.717, 1.165) is 54.0 Å². The van der Waals surface area contributed by atoms with Crippen LogP contribution in [0.4, 0.5) is 4.39 Å². The summed E-state index contributed by atoms with van der Waals surface area (Å²) in [5.41, 5.74) is 4.61. The lowest BCUT2D eigenvalue weighted by Gasteiger charge is -2.33. The van der Waals surface area contributed by atoms with E-state index in [1.165, 1.54) is 13.2 Å². The van der Waals surface area contributed by atoms with E-state index in [-0.39, 0.29) is 23.7 Å². The van der Waals surface area contributed by atoms with E-state index in [1.54, 1.807) is 25.1 Å². The molecule has 1 fully saturated rings. The van der Waals surface area contributed by atoms with Crippen LogP contribution in [0.25, 0.3) is 16.6 Å². The van der Waals surface area contributed by atoms with Crippen LogP contribution < -0.4 is 9.47 Å². The first-order valence-corrected chi connectivity index (χ1v) is 15.2. The highest BCUT2D eigenvalue weighted by Gasteiger charge is 2.42. The van der Waals surface area contributed by atoms with Gasteiger partial charge < -0.3 is 23.5 Å². The summed E-state index contributed by atoms with van der Waals surface area (Å²) in [5, 5.41) is 0.315. The SMILES string of the molecule is COC(=O)c1ccc2nc([C@H](C)N3CC=C(c4cccc5c4OC(C)(c4ccc(Cl)cc4F)O5)CC3)n(C[C@@H]3CCO3)c2c1. The van der Waals surface area contributed by atoms with Crippen LogP contribution in [0.3, 0.4) is 0 Å². The Morgan fingerprint density at radius 3 is 2.75 bits per heavy atom. The predicted molar refractivity (Wildman–Crippen MR) is 164 cm³/mol. The van der Waals surface area contributed by atoms with Gasteiger partial charge in [-0.25, -0.2) is 14.2 Å². The van der Waals surface area contributed by atoms with Gasteiger partial charge in [0.25, 0.3) is 5.79 Å². The van der Waals surface area contributed by atoms with Crippen molar-refractivity contribution in [3.63, 3.8) is 0 Å². The van der Waals surface area contributed by atoms with Crippen molar-refractivity contribution in [1.82, 2.24) is 14.5 Å². The number of fused-ring (bicyclic) bond motifs is 2. The average Bonchev–Trinajstić information content (AvgIpc) is 3.55. The molecule has 3 aromatic carbocycles. The third-order valence-corrected chi connectivity index (χ3v) is 9.12. The summed E-state index contributed by atoms with van der Waals surface area (Å²) in [6.45, 7) is 6.84. The maximum absolute atomic E-state index is 14.8. The molecule has 228 valence electrons. The molecule has 0 spiro atoms. The highest BCUT2D eigenvalue weighted by atomic mass is 35.5. The lowest BCUT2D eigenvalue weighted by atomic mass is 9.97. The van der Waals surface area contributed by atoms with Gasteiger partial charge in [0.2, 0.25) is 0 Å². The number of hydrogen-bond donors (Lipinski definition) is 0. The van der Waals surface area contributed by atoms with Crippen LogP contribution in [-0.4, -0.2) is 53.3 Å². The number of ether oxygens (including phenoxy) is 4. The topological polar surface area (TPSA) is 75.0 Å². The fourth-order valence-corrected chi connectivity index (χ4v) is 6.48. The average molecular weight is 618 g/mol. The van der Waals surface area contributed by atoms with Crippen LogP contribution in [0.5, 0.6) is 11.5 Å². The number of carbonyl (C=O) groups excluding carboxylic acids is 1. The minimum atomic E-state index is -1.31. The lowest BCUT2D eigenvalue weighted by molar-refractivity contribution is -0.0708. The van der Waals surface area contributed by atoms with E-state index in [0.29, 0.717) is 35.2 Å². The first-order valence-electron chi connectivity index (χ1n) is 14.8. The molecule has 1 aromatic heterocycles. The van der Waals surface area contributed by atoms with Gasteiger partial charge >= 0.3 is 5.97 Å². The number of carbonyl (C=O) groups is 1. The molecule has 8 nitrogen and oxygen atoms in total. The molecule has 44 heavy (non-hydrogen) atoms. The smallest absolute Gasteiger partial charge is 0.337 e. The number of para-hydroxylation sites is 1. The predicted octanol–water partition coefficient (Wildman–Crippen LogP) is 6.90. The number of halogens is 2. The third-order valence-electron chi connectivity index (χ3n) is 8.89. The largest absolute Gasteiger partial charge is 0.465 e. The Bertz CT molecular complexity index is 1800. The summed E-state index contributed by atoms with van der Waals surface area (Å²) in [5.74, 6) is -0.0297. The second-order valence-electron chi connectivity index (χ2n) is 11.6. The van der Waals surface area contributed by atoms with Gasteiger partial charge in [0.15, 0.2) is 11.5 Å². The molecule has 4 heterocycles. The summed E-state index contributed by atoms with van der Waals surface area (Å²) in [6, 6.07) is 15.8. The molecule has 0 amide bonds. The maximum atomic E-state index is 14.8. The molecule has 7 rings (SSSR count). The number of imidazole rings is 1. The van der Waals surface area contributed by atoms with Crippen molar-refractivity contribution in [2.45, 2.75) is 51.2 Å². The zero-order chi connectivity index (χ0) is 30.6. The van der Waals surface area contributed by atoms with Gasteiger partial charge in [-0.2, -0.15) is 0 Å². The second-order valence-corrected chi connectivity index (χ2v) is 12.1. The Morgan fingerprint density at radius 2 is 2.05 bits per heavy atom. The van der Waals surface area contributed by atoms with Gasteiger partial charge in [0, 0.05) is 37.2 Å². The summed E-state index contributed by atoms with van der Waals surface area (Å²) in [4.78, 5) is 19.7. The van der Waals surface area contributed by atoms with Gasteiger partial charge in [-0.05, 0) is 67.8 Å². The van der Waals surface area contributed by atoms with Gasteiger partial charge in [0.05, 0.1) is 48.0 Å². The molecule has 0 aliphatic carbocycles. The molecule has 1 saturated heterocycles. The minimum absolute atomic E-state index is 0.0131. The fraction of sp³-hybridized carbons (Fsp3) is 0.353. The summed E-state index contributed by atoms with van der Waals surface area (Å²) >= 11 is 5.98. The van der Waals surface area contributed by atoms with Crippen molar-refractivity contribution >= 4 is 34.2 Å². The molecule has 0 saturated carbocycles. The van der Waals surface area contributed by atoms with E-state index in [1.807, 2.05) is 30.3 Å². The van der Waals surface area contributed by atoms with Crippen LogP contribution in [0.2, 0.25) is 5.02 Å². The number of hydrogen-bond acceptors (Lipinski definition) is 7.